The zero-order chi connectivity index (χ0) is 19.0. The van der Waals surface area contributed by atoms with Crippen molar-refractivity contribution in [1.82, 2.24) is 15.5 Å². The van der Waals surface area contributed by atoms with Crippen molar-refractivity contribution in [3.63, 3.8) is 0 Å². The van der Waals surface area contributed by atoms with Crippen LogP contribution < -0.4 is 10.6 Å². The molecule has 2 heterocycles. The van der Waals surface area contributed by atoms with Gasteiger partial charge in [0.25, 0.3) is 0 Å². The number of piperidine rings is 1. The Kier molecular flexibility index (Phi) is 10.7. The molecule has 2 aliphatic rings. The van der Waals surface area contributed by atoms with Crippen molar-refractivity contribution >= 4 is 36.0 Å². The number of amides is 1. The summed E-state index contributed by atoms with van der Waals surface area (Å²) in [5, 5.41) is 6.68. The maximum atomic E-state index is 12.1. The fourth-order valence-corrected chi connectivity index (χ4v) is 3.20. The number of hydrogen-bond donors (Lipinski definition) is 2. The summed E-state index contributed by atoms with van der Waals surface area (Å²) in [5.41, 5.74) is -0.437. The van der Waals surface area contributed by atoms with Gasteiger partial charge in [-0.25, -0.2) is 4.79 Å². The highest BCUT2D eigenvalue weighted by Crippen LogP contribution is 2.20. The van der Waals surface area contributed by atoms with Crippen LogP contribution in [-0.4, -0.2) is 68.0 Å². The predicted octanol–water partition coefficient (Wildman–Crippen LogP) is 2.99. The van der Waals surface area contributed by atoms with Gasteiger partial charge in [-0.3, -0.25) is 4.99 Å². The number of nitrogens with one attached hydrogen (secondary N) is 2. The second kappa shape index (κ2) is 11.9. The Morgan fingerprint density at radius 1 is 1.22 bits per heavy atom. The molecule has 1 atom stereocenters. The van der Waals surface area contributed by atoms with Crippen LogP contribution in [0, 0.1) is 5.92 Å². The Hall–Kier alpha value is -0.770. The third-order valence-electron chi connectivity index (χ3n) is 4.64. The van der Waals surface area contributed by atoms with Crippen LogP contribution in [0.4, 0.5) is 4.79 Å². The molecule has 2 fully saturated rings. The second-order valence-electron chi connectivity index (χ2n) is 8.15. The molecule has 0 aliphatic carbocycles. The van der Waals surface area contributed by atoms with E-state index < -0.39 is 5.60 Å². The van der Waals surface area contributed by atoms with Gasteiger partial charge in [-0.2, -0.15) is 0 Å². The molecule has 0 aromatic carbocycles. The number of guanidine groups is 1. The van der Waals surface area contributed by atoms with Crippen molar-refractivity contribution in [3.05, 3.63) is 0 Å². The lowest BCUT2D eigenvalue weighted by molar-refractivity contribution is 0.0187. The monoisotopic (exact) mass is 496 g/mol. The maximum absolute atomic E-state index is 12.1. The first kappa shape index (κ1) is 24.3. The van der Waals surface area contributed by atoms with E-state index in [1.54, 1.807) is 0 Å². The number of likely N-dealkylation sites (tertiary alicyclic amines) is 1. The Morgan fingerprint density at radius 3 is 2.48 bits per heavy atom. The van der Waals surface area contributed by atoms with E-state index in [-0.39, 0.29) is 30.1 Å². The lowest BCUT2D eigenvalue weighted by Crippen LogP contribution is -2.43. The SMILES string of the molecule is CCNC(=NCC1CCN(C(=O)OC(C)(C)C)CC1)NCC1CCCO1.I. The molecule has 0 radical (unpaired) electrons. The van der Waals surface area contributed by atoms with E-state index in [1.165, 1.54) is 0 Å². The second-order valence-corrected chi connectivity index (χ2v) is 8.15. The molecule has 0 aromatic heterocycles. The van der Waals surface area contributed by atoms with E-state index in [1.807, 2.05) is 25.7 Å². The maximum Gasteiger partial charge on any atom is 0.410 e. The van der Waals surface area contributed by atoms with Crippen LogP contribution >= 0.6 is 24.0 Å². The fourth-order valence-electron chi connectivity index (χ4n) is 3.20. The zero-order valence-electron chi connectivity index (χ0n) is 17.3. The number of hydrogen-bond acceptors (Lipinski definition) is 4. The minimum Gasteiger partial charge on any atom is -0.444 e. The Labute approximate surface area is 181 Å². The number of carbonyl (C=O) groups is 1. The smallest absolute Gasteiger partial charge is 0.410 e. The molecule has 2 saturated heterocycles. The summed E-state index contributed by atoms with van der Waals surface area (Å²) >= 11 is 0. The highest BCUT2D eigenvalue weighted by Gasteiger charge is 2.26. The molecule has 2 N–H and O–H groups in total. The van der Waals surface area contributed by atoms with Crippen molar-refractivity contribution in [2.75, 3.05) is 39.3 Å². The van der Waals surface area contributed by atoms with Crippen LogP contribution in [0.1, 0.15) is 53.4 Å². The van der Waals surface area contributed by atoms with Gasteiger partial charge in [0.05, 0.1) is 6.10 Å². The van der Waals surface area contributed by atoms with Crippen LogP contribution in [-0.2, 0) is 9.47 Å². The predicted molar refractivity (Wildman–Crippen MR) is 119 cm³/mol. The zero-order valence-corrected chi connectivity index (χ0v) is 19.6. The van der Waals surface area contributed by atoms with Crippen molar-refractivity contribution < 1.29 is 14.3 Å². The molecule has 2 rings (SSSR count). The van der Waals surface area contributed by atoms with Crippen LogP contribution in [0.2, 0.25) is 0 Å². The van der Waals surface area contributed by atoms with Gasteiger partial charge in [-0.05, 0) is 59.3 Å². The molecular formula is C19H37IN4O3. The molecule has 0 bridgehead atoms. The number of carbonyl (C=O) groups excluding carboxylic acids is 1. The van der Waals surface area contributed by atoms with Gasteiger partial charge < -0.3 is 25.0 Å². The Morgan fingerprint density at radius 2 is 1.93 bits per heavy atom. The normalized spacial score (nSPS) is 21.6. The molecule has 0 aromatic rings. The summed E-state index contributed by atoms with van der Waals surface area (Å²) in [6, 6.07) is 0. The van der Waals surface area contributed by atoms with Crippen LogP contribution in [0.25, 0.3) is 0 Å². The number of halogens is 1. The van der Waals surface area contributed by atoms with Gasteiger partial charge in [0, 0.05) is 39.3 Å². The topological polar surface area (TPSA) is 75.2 Å². The van der Waals surface area contributed by atoms with Crippen molar-refractivity contribution in [1.29, 1.82) is 0 Å². The average molecular weight is 496 g/mol. The molecule has 1 unspecified atom stereocenters. The van der Waals surface area contributed by atoms with Crippen LogP contribution in [0.5, 0.6) is 0 Å². The summed E-state index contributed by atoms with van der Waals surface area (Å²) in [4.78, 5) is 18.7. The molecule has 0 saturated carbocycles. The van der Waals surface area contributed by atoms with Gasteiger partial charge in [-0.1, -0.05) is 0 Å². The molecule has 8 heteroatoms. The van der Waals surface area contributed by atoms with E-state index in [0.29, 0.717) is 12.0 Å². The highest BCUT2D eigenvalue weighted by molar-refractivity contribution is 14.0. The Balaban J connectivity index is 0.00000364. The van der Waals surface area contributed by atoms with Crippen LogP contribution in [0.3, 0.4) is 0 Å². The van der Waals surface area contributed by atoms with Gasteiger partial charge in [0.1, 0.15) is 5.60 Å². The molecular weight excluding hydrogens is 459 g/mol. The highest BCUT2D eigenvalue weighted by atomic mass is 127. The van der Waals surface area contributed by atoms with Gasteiger partial charge in [0.2, 0.25) is 0 Å². The molecule has 0 spiro atoms. The van der Waals surface area contributed by atoms with E-state index in [4.69, 9.17) is 14.5 Å². The van der Waals surface area contributed by atoms with Gasteiger partial charge >= 0.3 is 6.09 Å². The molecule has 7 nitrogen and oxygen atoms in total. The summed E-state index contributed by atoms with van der Waals surface area (Å²) in [6.45, 7) is 12.6. The number of ether oxygens (including phenoxy) is 2. The van der Waals surface area contributed by atoms with Crippen molar-refractivity contribution in [3.8, 4) is 0 Å². The molecule has 2 aliphatic heterocycles. The largest absolute Gasteiger partial charge is 0.444 e. The number of rotatable bonds is 5. The van der Waals surface area contributed by atoms with E-state index in [2.05, 4.69) is 17.6 Å². The Bertz CT molecular complexity index is 468. The number of aliphatic imine (C=N–C) groups is 1. The van der Waals surface area contributed by atoms with Crippen LogP contribution in [0.15, 0.2) is 4.99 Å². The first-order valence-corrected chi connectivity index (χ1v) is 9.99. The number of nitrogens with zero attached hydrogens (tertiary/aromatic N) is 2. The summed E-state index contributed by atoms with van der Waals surface area (Å²) in [5.74, 6) is 1.37. The van der Waals surface area contributed by atoms with Crippen molar-refractivity contribution in [2.45, 2.75) is 65.1 Å². The summed E-state index contributed by atoms with van der Waals surface area (Å²) in [6.07, 6.45) is 4.30. The standard InChI is InChI=1S/C19H36N4O3.HI/c1-5-20-17(22-14-16-7-6-12-25-16)21-13-15-8-10-23(11-9-15)18(24)26-19(2,3)4;/h15-16H,5-14H2,1-4H3,(H2,20,21,22);1H. The minimum atomic E-state index is -0.437. The first-order valence-electron chi connectivity index (χ1n) is 9.99. The first-order chi connectivity index (χ1) is 12.4. The third-order valence-corrected chi connectivity index (χ3v) is 4.64. The van der Waals surface area contributed by atoms with E-state index >= 15 is 0 Å². The summed E-state index contributed by atoms with van der Waals surface area (Å²) < 4.78 is 11.1. The molecule has 158 valence electrons. The lowest BCUT2D eigenvalue weighted by atomic mass is 9.97. The molecule has 27 heavy (non-hydrogen) atoms. The lowest BCUT2D eigenvalue weighted by Gasteiger charge is -2.33. The summed E-state index contributed by atoms with van der Waals surface area (Å²) in [7, 11) is 0. The van der Waals surface area contributed by atoms with E-state index in [9.17, 15) is 4.79 Å². The van der Waals surface area contributed by atoms with Gasteiger partial charge in [0.15, 0.2) is 5.96 Å². The van der Waals surface area contributed by atoms with E-state index in [0.717, 1.165) is 71.0 Å². The van der Waals surface area contributed by atoms with Gasteiger partial charge in [-0.15, -0.1) is 24.0 Å². The fraction of sp³-hybridized carbons (Fsp3) is 0.895. The van der Waals surface area contributed by atoms with Crippen molar-refractivity contribution in [2.24, 2.45) is 10.9 Å². The quantitative estimate of drug-likeness (QED) is 0.348. The average Bonchev–Trinajstić information content (AvgIpc) is 3.10. The minimum absolute atomic E-state index is 0. The molecule has 1 amide bonds. The third kappa shape index (κ3) is 9.32.